The van der Waals surface area contributed by atoms with Crippen molar-refractivity contribution >= 4 is 123 Å². The lowest BCUT2D eigenvalue weighted by molar-refractivity contribution is -0.151. The number of amides is 15. The first-order valence-electron chi connectivity index (χ1n) is 42.4. The molecule has 0 bridgehead atoms. The number of nitrogens with two attached hydrogens (primary N) is 1. The maximum Gasteiger partial charge on any atom is 0.305 e. The smallest absolute Gasteiger partial charge is 0.305 e. The number of rotatable bonds is 24. The number of hydrogen-bond donors (Lipinski definition) is 15. The number of primary amides is 1. The topological polar surface area (TPSA) is 537 Å². The molecular formula is C92H114N16O21S. The first-order chi connectivity index (χ1) is 61.9. The number of carboxylic acids is 2. The zero-order chi connectivity index (χ0) is 95.0. The van der Waals surface area contributed by atoms with Crippen molar-refractivity contribution in [2.24, 2.45) is 11.7 Å². The summed E-state index contributed by atoms with van der Waals surface area (Å²) in [7, 11) is 6.41. The summed E-state index contributed by atoms with van der Waals surface area (Å²) in [5.41, 5.74) is 8.78. The zero-order valence-corrected chi connectivity index (χ0v) is 74.4. The molecule has 38 heteroatoms. The number of carbonyl (C=O) groups excluding carboxylic acids is 15. The first-order valence-corrected chi connectivity index (χ1v) is 43.5. The number of nitrogens with zero attached hydrogens (tertiary/aromatic N) is 5. The highest BCUT2D eigenvalue weighted by Gasteiger charge is 2.42. The number of likely N-dealkylation sites (N-methyl/N-ethyl adjacent to an activating group) is 5. The highest BCUT2D eigenvalue weighted by molar-refractivity contribution is 8.00. The number of aromatic amines is 1. The van der Waals surface area contributed by atoms with Gasteiger partial charge in [-0.2, -0.15) is 0 Å². The Morgan fingerprint density at radius 1 is 0.446 bits per heavy atom. The molecular weight excluding hydrogens is 1700 g/mol. The van der Waals surface area contributed by atoms with Crippen LogP contribution in [0.25, 0.3) is 10.9 Å². The average Bonchev–Trinajstić information content (AvgIpc) is 0.953. The van der Waals surface area contributed by atoms with Gasteiger partial charge in [-0.1, -0.05) is 167 Å². The predicted molar refractivity (Wildman–Crippen MR) is 479 cm³/mol. The number of benzene rings is 6. The van der Waals surface area contributed by atoms with Gasteiger partial charge in [0.15, 0.2) is 0 Å². The van der Waals surface area contributed by atoms with Crippen molar-refractivity contribution in [1.82, 2.24) is 77.3 Å². The third-order valence-electron chi connectivity index (χ3n) is 22.0. The molecule has 1 aliphatic heterocycles. The molecule has 1 fully saturated rings. The van der Waals surface area contributed by atoms with Crippen LogP contribution in [0.2, 0.25) is 0 Å². The van der Waals surface area contributed by atoms with Gasteiger partial charge in [0.05, 0.1) is 31.8 Å². The molecule has 0 aliphatic carbocycles. The number of fused-ring (bicyclic) bond motifs is 1. The number of aromatic hydroxyl groups is 2. The fourth-order valence-electron chi connectivity index (χ4n) is 14.8. The molecule has 0 saturated carbocycles. The Kier molecular flexibility index (Phi) is 38.3. The number of unbranched alkanes of at least 4 members (excludes halogenated alkanes) is 1. The van der Waals surface area contributed by atoms with Crippen molar-refractivity contribution in [1.29, 1.82) is 0 Å². The van der Waals surface area contributed by atoms with Crippen molar-refractivity contribution in [3.8, 4) is 11.5 Å². The highest BCUT2D eigenvalue weighted by atomic mass is 32.2. The van der Waals surface area contributed by atoms with Crippen molar-refractivity contribution in [2.75, 3.05) is 66.4 Å². The Morgan fingerprint density at radius 3 is 1.43 bits per heavy atom. The summed E-state index contributed by atoms with van der Waals surface area (Å²) < 4.78 is 0. The van der Waals surface area contributed by atoms with E-state index >= 15 is 33.6 Å². The van der Waals surface area contributed by atoms with Gasteiger partial charge in [0, 0.05) is 103 Å². The molecule has 16 N–H and O–H groups in total. The third kappa shape index (κ3) is 30.5. The zero-order valence-electron chi connectivity index (χ0n) is 73.6. The number of nitrogens with one attached hydrogen (secondary N) is 10. The molecule has 1 aliphatic rings. The average molecular weight is 1810 g/mol. The summed E-state index contributed by atoms with van der Waals surface area (Å²) >= 11 is 0.739. The van der Waals surface area contributed by atoms with E-state index in [1.807, 2.05) is 6.92 Å². The Bertz CT molecular complexity index is 5150. The molecule has 8 rings (SSSR count). The fourth-order valence-corrected chi connectivity index (χ4v) is 15.6. The molecule has 694 valence electrons. The lowest BCUT2D eigenvalue weighted by atomic mass is 9.98. The van der Waals surface area contributed by atoms with E-state index in [9.17, 15) is 68.4 Å². The van der Waals surface area contributed by atoms with Crippen LogP contribution in [0.15, 0.2) is 170 Å². The Labute approximate surface area is 755 Å². The van der Waals surface area contributed by atoms with E-state index in [0.717, 1.165) is 36.3 Å². The Morgan fingerprint density at radius 2 is 0.892 bits per heavy atom. The first kappa shape index (κ1) is 101. The van der Waals surface area contributed by atoms with Crippen LogP contribution in [0.3, 0.4) is 0 Å². The van der Waals surface area contributed by atoms with Crippen LogP contribution in [0.1, 0.15) is 92.7 Å². The van der Waals surface area contributed by atoms with Crippen LogP contribution in [0.4, 0.5) is 0 Å². The van der Waals surface area contributed by atoms with E-state index in [4.69, 9.17) is 5.73 Å². The van der Waals surface area contributed by atoms with Gasteiger partial charge in [0.2, 0.25) is 88.6 Å². The number of aromatic nitrogens is 1. The van der Waals surface area contributed by atoms with Crippen molar-refractivity contribution in [3.05, 3.63) is 203 Å². The van der Waals surface area contributed by atoms with Crippen molar-refractivity contribution < 1.29 is 102 Å². The van der Waals surface area contributed by atoms with Gasteiger partial charge in [0.1, 0.15) is 78.0 Å². The van der Waals surface area contributed by atoms with E-state index in [-0.39, 0.29) is 50.0 Å². The second-order valence-corrected chi connectivity index (χ2v) is 33.4. The van der Waals surface area contributed by atoms with Gasteiger partial charge in [-0.05, 0) is 82.5 Å². The van der Waals surface area contributed by atoms with Crippen molar-refractivity contribution in [3.63, 3.8) is 0 Å². The minimum absolute atomic E-state index is 0.00885. The van der Waals surface area contributed by atoms with Gasteiger partial charge in [0.25, 0.3) is 0 Å². The number of H-pyrrole nitrogens is 1. The third-order valence-corrected chi connectivity index (χ3v) is 23.0. The van der Waals surface area contributed by atoms with Gasteiger partial charge in [-0.25, -0.2) is 0 Å². The molecule has 11 atom stereocenters. The lowest BCUT2D eigenvalue weighted by Gasteiger charge is -2.37. The molecule has 130 heavy (non-hydrogen) atoms. The SMILES string of the molecule is CCCC[C@H]1C(=O)N(C)CC(=O)N[C@@H](CC(=O)O)C(=O)N[C@@H](C(C)C)C(=O)N(C)[C@@H](Cc2ccccc2)C(=O)NC(Cc2ccc(O)cc2)C(=O)N(C)CC(=O)N[C@@H](Cc2c[nH]c3ccccc23)C(=O)N[C@@H](Cc2ccc(O)cc2)C(=O)N[C@@H](CCC(=O)O)C(=O)N[C@H](C(=O)NCC(N)=O)CSCC(=O)N[C@@H](Cc2ccccc2)C(=O)N(C)[C@@H](Cc2ccccc2)C(=O)N1C. The predicted octanol–water partition coefficient (Wildman–Crippen LogP) is 1.15. The number of thioether (sulfide) groups is 1. The maximum atomic E-state index is 15.5. The van der Waals surface area contributed by atoms with Gasteiger partial charge in [-0.3, -0.25) is 81.5 Å². The van der Waals surface area contributed by atoms with Crippen LogP contribution < -0.4 is 53.6 Å². The minimum atomic E-state index is -1.92. The number of carboxylic acid groups (broad SMARTS) is 2. The second-order valence-electron chi connectivity index (χ2n) is 32.4. The molecule has 15 amide bonds. The molecule has 6 aromatic carbocycles. The molecule has 1 aromatic heterocycles. The quantitative estimate of drug-likeness (QED) is 0.0403. The standard InChI is InChI=1S/C92H114N16O21S/c1-9-10-30-72-90(127)105(5)51-77(113)97-68(47-80(117)118)86(123)103-81(54(2)3)92(129)107(7)73(44-56-24-16-12-17-25-56)87(124)101-69(43-59-33-37-62(110)38-34-59)88(125)104(4)50-76(112)96-67(46-60-48-94-64-29-21-20-28-63(60)64)85(122)100-66(41-58-31-35-61(109)36-32-58)84(121)99-65(39-40-79(115)116)83(120)102-71(82(119)95-49-75(93)111)52-130-53-78(114)98-70(42-55-22-14-11-15-23-55)89(126)108(8)74(91(128)106(72)6)45-57-26-18-13-19-27-57/h11-29,31-38,48,54,65-74,81,94,109-110H,9-10,30,39-47,49-53H2,1-8H3,(H2,93,111)(H,95,119)(H,96,112)(H,97,113)(H,98,114)(H,99,121)(H,100,122)(H,101,124)(H,102,120)(H,103,123)(H,115,116)(H,117,118)/t65-,66-,67-,68-,69?,70-,71-,72-,73-,74-,81-/m0/s1. The van der Waals surface area contributed by atoms with Crippen LogP contribution >= 0.6 is 11.8 Å². The summed E-state index contributed by atoms with van der Waals surface area (Å²) in [5.74, 6) is -19.8. The Hall–Kier alpha value is -14.2. The van der Waals surface area contributed by atoms with E-state index in [0.29, 0.717) is 57.1 Å². The normalized spacial score (nSPS) is 21.7. The number of aliphatic carboxylic acids is 2. The van der Waals surface area contributed by atoms with E-state index in [1.165, 1.54) is 83.8 Å². The van der Waals surface area contributed by atoms with Gasteiger partial charge in [-0.15, -0.1) is 11.8 Å². The van der Waals surface area contributed by atoms with Crippen molar-refractivity contribution in [2.45, 2.75) is 164 Å². The highest BCUT2D eigenvalue weighted by Crippen LogP contribution is 2.25. The summed E-state index contributed by atoms with van der Waals surface area (Å²) in [6.07, 6.45) is -1.68. The molecule has 37 nitrogen and oxygen atoms in total. The number of phenols is 2. The molecule has 0 spiro atoms. The van der Waals surface area contributed by atoms with E-state index in [1.54, 1.807) is 135 Å². The van der Waals surface area contributed by atoms with Crippen LogP contribution in [-0.2, 0) is 120 Å². The number of carbonyl (C=O) groups is 17. The van der Waals surface area contributed by atoms with E-state index in [2.05, 4.69) is 52.8 Å². The number of phenolic OH excluding ortho intramolecular Hbond substituents is 2. The van der Waals surface area contributed by atoms with Gasteiger partial charge < -0.3 is 103 Å². The molecule has 7 aromatic rings. The summed E-state index contributed by atoms with van der Waals surface area (Å²) in [6.45, 7) is 2.49. The second kappa shape index (κ2) is 49.2. The number of hydrogen-bond acceptors (Lipinski definition) is 20. The number of para-hydroxylation sites is 1. The van der Waals surface area contributed by atoms with Crippen LogP contribution in [0, 0.1) is 5.92 Å². The summed E-state index contributed by atoms with van der Waals surface area (Å²) in [5, 5.41) is 64.8. The van der Waals surface area contributed by atoms with Crippen LogP contribution in [0.5, 0.6) is 11.5 Å². The Balaban J connectivity index is 1.22. The summed E-state index contributed by atoms with van der Waals surface area (Å²) in [6, 6.07) is 25.5. The minimum Gasteiger partial charge on any atom is -0.508 e. The summed E-state index contributed by atoms with van der Waals surface area (Å²) in [4.78, 5) is 255. The molecule has 2 heterocycles. The maximum absolute atomic E-state index is 15.5. The van der Waals surface area contributed by atoms with Gasteiger partial charge >= 0.3 is 11.9 Å². The molecule has 1 unspecified atom stereocenters. The molecule has 0 radical (unpaired) electrons. The fraction of sp³-hybridized carbons (Fsp3) is 0.402. The monoisotopic (exact) mass is 1810 g/mol. The largest absolute Gasteiger partial charge is 0.508 e. The van der Waals surface area contributed by atoms with Crippen LogP contribution in [-0.4, -0.2) is 283 Å². The van der Waals surface area contributed by atoms with E-state index < -0.39 is 230 Å². The lowest BCUT2D eigenvalue weighted by Crippen LogP contribution is -2.61. The molecule has 1 saturated heterocycles.